The largest absolute Gasteiger partial charge is 0.496 e. The number of hydrogen-bond donors (Lipinski definition) is 1. The van der Waals surface area contributed by atoms with Crippen LogP contribution in [0.1, 0.15) is 38.3 Å². The molecule has 1 aromatic rings. The molecule has 0 aliphatic rings. The lowest BCUT2D eigenvalue weighted by Gasteiger charge is -2.22. The van der Waals surface area contributed by atoms with Gasteiger partial charge in [-0.25, -0.2) is 0 Å². The summed E-state index contributed by atoms with van der Waals surface area (Å²) in [6, 6.07) is 6.49. The Balaban J connectivity index is 2.73. The molecule has 0 amide bonds. The van der Waals surface area contributed by atoms with Gasteiger partial charge in [0.1, 0.15) is 5.75 Å². The molecule has 0 unspecified atom stereocenters. The fourth-order valence-electron chi connectivity index (χ4n) is 1.85. The monoisotopic (exact) mass is 235 g/mol. The van der Waals surface area contributed by atoms with Crippen molar-refractivity contribution in [2.24, 2.45) is 11.1 Å². The summed E-state index contributed by atoms with van der Waals surface area (Å²) in [5, 5.41) is 0. The molecule has 2 nitrogen and oxygen atoms in total. The third-order valence-electron chi connectivity index (χ3n) is 3.37. The van der Waals surface area contributed by atoms with Crippen LogP contribution in [0.2, 0.25) is 0 Å². The number of benzene rings is 1. The Morgan fingerprint density at radius 2 is 2.00 bits per heavy atom. The van der Waals surface area contributed by atoms with E-state index in [1.807, 2.05) is 0 Å². The van der Waals surface area contributed by atoms with Crippen LogP contribution in [0.3, 0.4) is 0 Å². The average molecular weight is 235 g/mol. The maximum absolute atomic E-state index is 5.75. The highest BCUT2D eigenvalue weighted by Crippen LogP contribution is 2.25. The van der Waals surface area contributed by atoms with Crippen molar-refractivity contribution in [2.45, 2.75) is 40.0 Å². The maximum atomic E-state index is 5.75. The molecule has 0 heterocycles. The van der Waals surface area contributed by atoms with E-state index >= 15 is 0 Å². The second-order valence-electron chi connectivity index (χ2n) is 5.37. The number of ether oxygens (including phenoxy) is 1. The van der Waals surface area contributed by atoms with Crippen LogP contribution in [-0.2, 0) is 12.8 Å². The zero-order valence-electron chi connectivity index (χ0n) is 11.5. The smallest absolute Gasteiger partial charge is 0.122 e. The lowest BCUT2D eigenvalue weighted by molar-refractivity contribution is 0.347. The summed E-state index contributed by atoms with van der Waals surface area (Å²) in [6.07, 6.45) is 3.22. The fraction of sp³-hybridized carbons (Fsp3) is 0.600. The van der Waals surface area contributed by atoms with Gasteiger partial charge in [0.15, 0.2) is 0 Å². The molecule has 0 atom stereocenters. The van der Waals surface area contributed by atoms with Crippen LogP contribution in [0.4, 0.5) is 0 Å². The second-order valence-corrected chi connectivity index (χ2v) is 5.37. The Morgan fingerprint density at radius 3 is 2.53 bits per heavy atom. The van der Waals surface area contributed by atoms with Gasteiger partial charge in [-0.15, -0.1) is 0 Å². The van der Waals surface area contributed by atoms with Gasteiger partial charge in [-0.2, -0.15) is 0 Å². The predicted molar refractivity (Wildman–Crippen MR) is 73.5 cm³/mol. The molecule has 0 aromatic heterocycles. The number of methoxy groups -OCH3 is 1. The Labute approximate surface area is 105 Å². The molecule has 0 saturated carbocycles. The highest BCUT2D eigenvalue weighted by molar-refractivity contribution is 5.37. The third-order valence-corrected chi connectivity index (χ3v) is 3.37. The minimum atomic E-state index is 0.228. The SMILES string of the molecule is CCc1cc(CCC(C)(C)CN)ccc1OC. The zero-order chi connectivity index (χ0) is 12.9. The van der Waals surface area contributed by atoms with Crippen molar-refractivity contribution < 1.29 is 4.74 Å². The molecule has 0 spiro atoms. The van der Waals surface area contributed by atoms with Gasteiger partial charge in [-0.1, -0.05) is 32.9 Å². The molecule has 0 bridgehead atoms. The van der Waals surface area contributed by atoms with Crippen molar-refractivity contribution in [3.8, 4) is 5.75 Å². The standard InChI is InChI=1S/C15H25NO/c1-5-13-10-12(6-7-14(13)17-4)8-9-15(2,3)11-16/h6-7,10H,5,8-9,11,16H2,1-4H3. The first kappa shape index (κ1) is 14.0. The molecule has 1 rings (SSSR count). The summed E-state index contributed by atoms with van der Waals surface area (Å²) < 4.78 is 5.34. The van der Waals surface area contributed by atoms with Crippen LogP contribution in [0.25, 0.3) is 0 Å². The molecule has 0 radical (unpaired) electrons. The Bertz CT molecular complexity index is 358. The van der Waals surface area contributed by atoms with Gasteiger partial charge >= 0.3 is 0 Å². The quantitative estimate of drug-likeness (QED) is 0.822. The molecule has 0 saturated heterocycles. The van der Waals surface area contributed by atoms with E-state index in [0.717, 1.165) is 31.6 Å². The first-order valence-electron chi connectivity index (χ1n) is 6.38. The van der Waals surface area contributed by atoms with Crippen molar-refractivity contribution in [1.82, 2.24) is 0 Å². The molecule has 1 aromatic carbocycles. The van der Waals surface area contributed by atoms with Crippen LogP contribution in [0, 0.1) is 5.41 Å². The van der Waals surface area contributed by atoms with Crippen LogP contribution < -0.4 is 10.5 Å². The molecule has 2 N–H and O–H groups in total. The van der Waals surface area contributed by atoms with E-state index in [0.29, 0.717) is 0 Å². The first-order chi connectivity index (χ1) is 8.02. The van der Waals surface area contributed by atoms with Crippen molar-refractivity contribution >= 4 is 0 Å². The number of rotatable bonds is 6. The number of nitrogens with two attached hydrogens (primary N) is 1. The van der Waals surface area contributed by atoms with Gasteiger partial charge in [0.05, 0.1) is 7.11 Å². The predicted octanol–water partition coefficient (Wildman–Crippen LogP) is 3.18. The molecule has 2 heteroatoms. The van der Waals surface area contributed by atoms with Crippen molar-refractivity contribution in [2.75, 3.05) is 13.7 Å². The molecular weight excluding hydrogens is 210 g/mol. The van der Waals surface area contributed by atoms with Crippen molar-refractivity contribution in [3.05, 3.63) is 29.3 Å². The molecule has 0 fully saturated rings. The van der Waals surface area contributed by atoms with Gasteiger partial charge in [0.2, 0.25) is 0 Å². The summed E-state index contributed by atoms with van der Waals surface area (Å²) in [7, 11) is 1.73. The highest BCUT2D eigenvalue weighted by Gasteiger charge is 2.15. The van der Waals surface area contributed by atoms with E-state index in [4.69, 9.17) is 10.5 Å². The summed E-state index contributed by atoms with van der Waals surface area (Å²) in [5.74, 6) is 0.995. The van der Waals surface area contributed by atoms with E-state index in [9.17, 15) is 0 Å². The van der Waals surface area contributed by atoms with E-state index in [2.05, 4.69) is 39.0 Å². The summed E-state index contributed by atoms with van der Waals surface area (Å²) in [4.78, 5) is 0. The number of aryl methyl sites for hydroxylation is 2. The van der Waals surface area contributed by atoms with E-state index in [-0.39, 0.29) is 5.41 Å². The van der Waals surface area contributed by atoms with Gasteiger partial charge in [-0.05, 0) is 48.4 Å². The normalized spacial score (nSPS) is 11.6. The van der Waals surface area contributed by atoms with E-state index < -0.39 is 0 Å². The van der Waals surface area contributed by atoms with Crippen molar-refractivity contribution in [3.63, 3.8) is 0 Å². The second kappa shape index (κ2) is 6.06. The van der Waals surface area contributed by atoms with Gasteiger partial charge < -0.3 is 10.5 Å². The zero-order valence-corrected chi connectivity index (χ0v) is 11.5. The van der Waals surface area contributed by atoms with Crippen molar-refractivity contribution in [1.29, 1.82) is 0 Å². The summed E-state index contributed by atoms with van der Waals surface area (Å²) in [5.41, 5.74) is 8.65. The summed E-state index contributed by atoms with van der Waals surface area (Å²) in [6.45, 7) is 7.34. The van der Waals surface area contributed by atoms with Gasteiger partial charge in [0, 0.05) is 0 Å². The Kier molecular flexibility index (Phi) is 5.01. The average Bonchev–Trinajstić information content (AvgIpc) is 2.36. The minimum absolute atomic E-state index is 0.228. The molecule has 0 aliphatic heterocycles. The molecule has 17 heavy (non-hydrogen) atoms. The minimum Gasteiger partial charge on any atom is -0.496 e. The Hall–Kier alpha value is -1.02. The van der Waals surface area contributed by atoms with Crippen LogP contribution in [-0.4, -0.2) is 13.7 Å². The van der Waals surface area contributed by atoms with E-state index in [1.54, 1.807) is 7.11 Å². The molecule has 96 valence electrons. The fourth-order valence-corrected chi connectivity index (χ4v) is 1.85. The molecular formula is C15H25NO. The summed E-state index contributed by atoms with van der Waals surface area (Å²) >= 11 is 0. The maximum Gasteiger partial charge on any atom is 0.122 e. The lowest BCUT2D eigenvalue weighted by Crippen LogP contribution is -2.24. The Morgan fingerprint density at radius 1 is 1.29 bits per heavy atom. The van der Waals surface area contributed by atoms with Gasteiger partial charge in [0.25, 0.3) is 0 Å². The number of hydrogen-bond acceptors (Lipinski definition) is 2. The topological polar surface area (TPSA) is 35.2 Å². The highest BCUT2D eigenvalue weighted by atomic mass is 16.5. The van der Waals surface area contributed by atoms with Crippen LogP contribution >= 0.6 is 0 Å². The van der Waals surface area contributed by atoms with Crippen LogP contribution in [0.15, 0.2) is 18.2 Å². The first-order valence-corrected chi connectivity index (χ1v) is 6.38. The lowest BCUT2D eigenvalue weighted by atomic mass is 9.86. The van der Waals surface area contributed by atoms with E-state index in [1.165, 1.54) is 11.1 Å². The van der Waals surface area contributed by atoms with Crippen LogP contribution in [0.5, 0.6) is 5.75 Å². The van der Waals surface area contributed by atoms with Gasteiger partial charge in [-0.3, -0.25) is 0 Å². The third kappa shape index (κ3) is 4.04. The molecule has 0 aliphatic carbocycles.